The minimum absolute atomic E-state index is 0.0646. The van der Waals surface area contributed by atoms with Crippen molar-refractivity contribution < 1.29 is 18.3 Å². The van der Waals surface area contributed by atoms with E-state index in [9.17, 15) is 13.2 Å². The zero-order valence-corrected chi connectivity index (χ0v) is 10.6. The summed E-state index contributed by atoms with van der Waals surface area (Å²) in [6.45, 7) is 0.0646. The third-order valence-corrected chi connectivity index (χ3v) is 4.79. The van der Waals surface area contributed by atoms with Gasteiger partial charge in [0.1, 0.15) is 0 Å². The summed E-state index contributed by atoms with van der Waals surface area (Å²) in [5, 5.41) is 9.09. The molecule has 1 fully saturated rings. The molecule has 0 aromatic heterocycles. The highest BCUT2D eigenvalue weighted by Gasteiger charge is 2.33. The van der Waals surface area contributed by atoms with Gasteiger partial charge in [0.05, 0.1) is 17.5 Å². The maximum absolute atomic E-state index is 11.6. The first-order valence-electron chi connectivity index (χ1n) is 5.72. The van der Waals surface area contributed by atoms with Gasteiger partial charge >= 0.3 is 6.09 Å². The maximum atomic E-state index is 11.6. The van der Waals surface area contributed by atoms with Gasteiger partial charge in [-0.15, -0.1) is 0 Å². The van der Waals surface area contributed by atoms with Crippen LogP contribution in [0, 0.1) is 0 Å². The number of benzene rings is 1. The second-order valence-electron chi connectivity index (χ2n) is 4.43. The highest BCUT2D eigenvalue weighted by molar-refractivity contribution is 7.91. The van der Waals surface area contributed by atoms with Crippen LogP contribution in [0.1, 0.15) is 5.56 Å². The van der Waals surface area contributed by atoms with Crippen LogP contribution in [-0.4, -0.2) is 48.6 Å². The highest BCUT2D eigenvalue weighted by atomic mass is 32.2. The van der Waals surface area contributed by atoms with Crippen molar-refractivity contribution >= 4 is 15.9 Å². The predicted octanol–water partition coefficient (Wildman–Crippen LogP) is 1.01. The van der Waals surface area contributed by atoms with E-state index in [1.165, 1.54) is 4.90 Å². The summed E-state index contributed by atoms with van der Waals surface area (Å²) in [4.78, 5) is 12.3. The lowest BCUT2D eigenvalue weighted by atomic mass is 10.1. The molecule has 0 bridgehead atoms. The molecule has 0 radical (unpaired) electrons. The van der Waals surface area contributed by atoms with E-state index in [0.29, 0.717) is 6.42 Å². The van der Waals surface area contributed by atoms with E-state index < -0.39 is 22.0 Å². The van der Waals surface area contributed by atoms with Crippen LogP contribution in [0.15, 0.2) is 30.3 Å². The van der Waals surface area contributed by atoms with Crippen molar-refractivity contribution in [3.05, 3.63) is 35.9 Å². The standard InChI is InChI=1S/C12H15NO4S/c14-12(15)13-6-7-18(16,17)9-11(13)8-10-4-2-1-3-5-10/h1-5,11H,6-9H2,(H,14,15). The van der Waals surface area contributed by atoms with Gasteiger partial charge in [0.25, 0.3) is 0 Å². The van der Waals surface area contributed by atoms with E-state index in [0.717, 1.165) is 5.56 Å². The van der Waals surface area contributed by atoms with Gasteiger partial charge in [0, 0.05) is 6.54 Å². The Labute approximate surface area is 106 Å². The van der Waals surface area contributed by atoms with Crippen LogP contribution < -0.4 is 0 Å². The zero-order chi connectivity index (χ0) is 13.2. The molecule has 0 saturated carbocycles. The van der Waals surface area contributed by atoms with Crippen molar-refractivity contribution in [2.24, 2.45) is 0 Å². The molecule has 1 aliphatic heterocycles. The van der Waals surface area contributed by atoms with E-state index in [1.54, 1.807) is 0 Å². The molecule has 98 valence electrons. The quantitative estimate of drug-likeness (QED) is 0.869. The lowest BCUT2D eigenvalue weighted by Gasteiger charge is -2.33. The first-order valence-corrected chi connectivity index (χ1v) is 7.54. The Morgan fingerprint density at radius 1 is 1.33 bits per heavy atom. The Hall–Kier alpha value is -1.56. The summed E-state index contributed by atoms with van der Waals surface area (Å²) >= 11 is 0. The Morgan fingerprint density at radius 3 is 2.61 bits per heavy atom. The van der Waals surface area contributed by atoms with Gasteiger partial charge in [-0.1, -0.05) is 30.3 Å². The van der Waals surface area contributed by atoms with Gasteiger partial charge in [-0.3, -0.25) is 0 Å². The Kier molecular flexibility index (Phi) is 3.56. The number of sulfone groups is 1. The van der Waals surface area contributed by atoms with Crippen molar-refractivity contribution in [3.8, 4) is 0 Å². The summed E-state index contributed by atoms with van der Waals surface area (Å²) in [7, 11) is -3.12. The van der Waals surface area contributed by atoms with Crippen LogP contribution in [0.5, 0.6) is 0 Å². The number of nitrogens with zero attached hydrogens (tertiary/aromatic N) is 1. The monoisotopic (exact) mass is 269 g/mol. The van der Waals surface area contributed by atoms with E-state index >= 15 is 0 Å². The molecular weight excluding hydrogens is 254 g/mol. The van der Waals surface area contributed by atoms with Crippen molar-refractivity contribution in [1.82, 2.24) is 4.90 Å². The number of hydrogen-bond donors (Lipinski definition) is 1. The number of rotatable bonds is 2. The number of carbonyl (C=O) groups is 1. The molecule has 18 heavy (non-hydrogen) atoms. The van der Waals surface area contributed by atoms with Crippen LogP contribution in [0.3, 0.4) is 0 Å². The van der Waals surface area contributed by atoms with Gasteiger partial charge in [-0.05, 0) is 12.0 Å². The summed E-state index contributed by atoms with van der Waals surface area (Å²) < 4.78 is 23.2. The Bertz CT molecular complexity index is 526. The zero-order valence-electron chi connectivity index (χ0n) is 9.82. The minimum Gasteiger partial charge on any atom is -0.465 e. The first-order chi connectivity index (χ1) is 8.48. The molecule has 1 unspecified atom stereocenters. The smallest absolute Gasteiger partial charge is 0.407 e. The largest absolute Gasteiger partial charge is 0.465 e. The van der Waals surface area contributed by atoms with Crippen LogP contribution in [0.2, 0.25) is 0 Å². The molecule has 1 aromatic rings. The van der Waals surface area contributed by atoms with Gasteiger partial charge in [0.15, 0.2) is 9.84 Å². The number of carboxylic acid groups (broad SMARTS) is 1. The molecule has 1 N–H and O–H groups in total. The topological polar surface area (TPSA) is 74.7 Å². The third kappa shape index (κ3) is 3.01. The summed E-state index contributed by atoms with van der Waals surface area (Å²) in [5.41, 5.74) is 0.950. The summed E-state index contributed by atoms with van der Waals surface area (Å²) in [5.74, 6) is -0.168. The summed E-state index contributed by atoms with van der Waals surface area (Å²) in [6.07, 6.45) is -0.613. The van der Waals surface area contributed by atoms with E-state index in [2.05, 4.69) is 0 Å². The molecular formula is C12H15NO4S. The highest BCUT2D eigenvalue weighted by Crippen LogP contribution is 2.16. The van der Waals surface area contributed by atoms with Crippen LogP contribution in [0.25, 0.3) is 0 Å². The molecule has 0 aliphatic carbocycles. The third-order valence-electron chi connectivity index (χ3n) is 3.09. The van der Waals surface area contributed by atoms with Gasteiger partial charge in [-0.2, -0.15) is 0 Å². The lowest BCUT2D eigenvalue weighted by Crippen LogP contribution is -2.51. The Morgan fingerprint density at radius 2 is 2.00 bits per heavy atom. The van der Waals surface area contributed by atoms with Crippen molar-refractivity contribution in [2.45, 2.75) is 12.5 Å². The summed E-state index contributed by atoms with van der Waals surface area (Å²) in [6, 6.07) is 8.86. The Balaban J connectivity index is 2.18. The lowest BCUT2D eigenvalue weighted by molar-refractivity contribution is 0.129. The van der Waals surface area contributed by atoms with Gasteiger partial charge in [-0.25, -0.2) is 13.2 Å². The van der Waals surface area contributed by atoms with Crippen LogP contribution in [-0.2, 0) is 16.3 Å². The fourth-order valence-electron chi connectivity index (χ4n) is 2.19. The van der Waals surface area contributed by atoms with Crippen molar-refractivity contribution in [3.63, 3.8) is 0 Å². The van der Waals surface area contributed by atoms with Crippen LogP contribution in [0.4, 0.5) is 4.79 Å². The van der Waals surface area contributed by atoms with E-state index in [-0.39, 0.29) is 18.1 Å². The predicted molar refractivity (Wildman–Crippen MR) is 67.3 cm³/mol. The fourth-order valence-corrected chi connectivity index (χ4v) is 3.72. The molecule has 1 aliphatic rings. The van der Waals surface area contributed by atoms with Gasteiger partial charge < -0.3 is 10.0 Å². The average Bonchev–Trinajstić information content (AvgIpc) is 2.28. The molecule has 1 aromatic carbocycles. The molecule has 1 atom stereocenters. The SMILES string of the molecule is O=C(O)N1CCS(=O)(=O)CC1Cc1ccccc1. The van der Waals surface area contributed by atoms with E-state index in [1.807, 2.05) is 30.3 Å². The first kappa shape index (κ1) is 12.9. The minimum atomic E-state index is -3.12. The molecule has 0 spiro atoms. The van der Waals surface area contributed by atoms with E-state index in [4.69, 9.17) is 5.11 Å². The van der Waals surface area contributed by atoms with Crippen molar-refractivity contribution in [1.29, 1.82) is 0 Å². The van der Waals surface area contributed by atoms with Gasteiger partial charge in [0.2, 0.25) is 0 Å². The molecule has 6 heteroatoms. The maximum Gasteiger partial charge on any atom is 0.407 e. The fraction of sp³-hybridized carbons (Fsp3) is 0.417. The molecule has 1 saturated heterocycles. The second-order valence-corrected chi connectivity index (χ2v) is 6.66. The normalized spacial score (nSPS) is 22.7. The number of amides is 1. The van der Waals surface area contributed by atoms with Crippen molar-refractivity contribution in [2.75, 3.05) is 18.1 Å². The molecule has 5 nitrogen and oxygen atoms in total. The average molecular weight is 269 g/mol. The second kappa shape index (κ2) is 4.97. The van der Waals surface area contributed by atoms with Crippen LogP contribution >= 0.6 is 0 Å². The molecule has 2 rings (SSSR count). The molecule has 1 heterocycles. The molecule has 1 amide bonds. The number of hydrogen-bond acceptors (Lipinski definition) is 3.